The maximum Gasteiger partial charge on any atom is 0.303 e. The Morgan fingerprint density at radius 1 is 1.26 bits per heavy atom. The van der Waals surface area contributed by atoms with Gasteiger partial charge in [-0.25, -0.2) is 4.89 Å². The van der Waals surface area contributed by atoms with Crippen LogP contribution < -0.4 is 0 Å². The molecule has 6 nitrogen and oxygen atoms in total. The van der Waals surface area contributed by atoms with E-state index in [4.69, 9.17) is 5.11 Å². The highest BCUT2D eigenvalue weighted by atomic mass is 17.1. The fourth-order valence-electron chi connectivity index (χ4n) is 3.84. The van der Waals surface area contributed by atoms with Crippen molar-refractivity contribution in [2.75, 3.05) is 0 Å². The minimum Gasteiger partial charge on any atom is -0.481 e. The van der Waals surface area contributed by atoms with Gasteiger partial charge in [-0.1, -0.05) is 58.1 Å². The molecule has 1 aliphatic rings. The first-order valence-corrected chi connectivity index (χ1v) is 10.3. The molecule has 6 heteroatoms. The smallest absolute Gasteiger partial charge is 0.303 e. The first-order chi connectivity index (χ1) is 12.9. The standard InChI is InChI=1S/C21H36O6/c1-3-4-9-15(2)20(27-26)13-12-17-16(18(22)14-19(17)23)10-7-5-6-8-11-21(24)25/h12-13,15-17,19-20,23,26H,3-11,14H2,1-2H3,(H,24,25)/b13-12+/t15?,16-,17-,19-,20?/m1/s1. The van der Waals surface area contributed by atoms with Crippen LogP contribution in [0, 0.1) is 17.8 Å². The molecular weight excluding hydrogens is 348 g/mol. The van der Waals surface area contributed by atoms with Gasteiger partial charge in [0.15, 0.2) is 0 Å². The van der Waals surface area contributed by atoms with Gasteiger partial charge in [0.2, 0.25) is 0 Å². The van der Waals surface area contributed by atoms with E-state index in [0.717, 1.165) is 38.5 Å². The van der Waals surface area contributed by atoms with Crippen molar-refractivity contribution in [3.05, 3.63) is 12.2 Å². The Kier molecular flexibility index (Phi) is 11.5. The Morgan fingerprint density at radius 3 is 2.59 bits per heavy atom. The van der Waals surface area contributed by atoms with Crippen molar-refractivity contribution in [3.63, 3.8) is 0 Å². The molecule has 0 heterocycles. The minimum absolute atomic E-state index is 0.0863. The van der Waals surface area contributed by atoms with E-state index in [1.54, 1.807) is 6.08 Å². The molecule has 5 atom stereocenters. The van der Waals surface area contributed by atoms with Crippen molar-refractivity contribution in [1.82, 2.24) is 0 Å². The Labute approximate surface area is 162 Å². The van der Waals surface area contributed by atoms with E-state index < -0.39 is 18.2 Å². The van der Waals surface area contributed by atoms with Gasteiger partial charge in [0, 0.05) is 24.7 Å². The fourth-order valence-corrected chi connectivity index (χ4v) is 3.84. The number of hydrogen-bond acceptors (Lipinski definition) is 5. The summed E-state index contributed by atoms with van der Waals surface area (Å²) in [6, 6.07) is 0. The molecule has 27 heavy (non-hydrogen) atoms. The van der Waals surface area contributed by atoms with Crippen molar-refractivity contribution in [3.8, 4) is 0 Å². The van der Waals surface area contributed by atoms with Gasteiger partial charge >= 0.3 is 5.97 Å². The quantitative estimate of drug-likeness (QED) is 0.179. The fraction of sp³-hybridized carbons (Fsp3) is 0.810. The predicted octanol–water partition coefficient (Wildman–Crippen LogP) is 4.22. The lowest BCUT2D eigenvalue weighted by molar-refractivity contribution is -0.276. The Morgan fingerprint density at radius 2 is 1.96 bits per heavy atom. The number of ketones is 1. The van der Waals surface area contributed by atoms with E-state index in [1.165, 1.54) is 0 Å². The van der Waals surface area contributed by atoms with Gasteiger partial charge < -0.3 is 10.2 Å². The highest BCUT2D eigenvalue weighted by molar-refractivity contribution is 5.84. The lowest BCUT2D eigenvalue weighted by Gasteiger charge is -2.21. The zero-order valence-electron chi connectivity index (χ0n) is 16.7. The monoisotopic (exact) mass is 384 g/mol. The van der Waals surface area contributed by atoms with Crippen molar-refractivity contribution in [1.29, 1.82) is 0 Å². The van der Waals surface area contributed by atoms with Crippen LogP contribution in [0.3, 0.4) is 0 Å². The number of carbonyl (C=O) groups excluding carboxylic acids is 1. The van der Waals surface area contributed by atoms with E-state index in [2.05, 4.69) is 11.8 Å². The summed E-state index contributed by atoms with van der Waals surface area (Å²) in [7, 11) is 0. The molecule has 0 spiro atoms. The molecule has 0 aromatic carbocycles. The van der Waals surface area contributed by atoms with Gasteiger partial charge in [-0.3, -0.25) is 14.8 Å². The summed E-state index contributed by atoms with van der Waals surface area (Å²) in [5.41, 5.74) is 0. The van der Waals surface area contributed by atoms with Gasteiger partial charge in [0.25, 0.3) is 0 Å². The van der Waals surface area contributed by atoms with Crippen LogP contribution in [0.2, 0.25) is 0 Å². The van der Waals surface area contributed by atoms with Gasteiger partial charge in [-0.05, 0) is 25.2 Å². The number of hydrogen-bond donors (Lipinski definition) is 3. The third-order valence-corrected chi connectivity index (χ3v) is 5.61. The lowest BCUT2D eigenvalue weighted by Crippen LogP contribution is -2.22. The molecule has 1 saturated carbocycles. The van der Waals surface area contributed by atoms with Crippen molar-refractivity contribution in [2.45, 2.75) is 90.3 Å². The van der Waals surface area contributed by atoms with Crippen molar-refractivity contribution < 1.29 is 29.9 Å². The van der Waals surface area contributed by atoms with E-state index in [0.29, 0.717) is 12.8 Å². The van der Waals surface area contributed by atoms with Crippen LogP contribution in [0.5, 0.6) is 0 Å². The highest BCUT2D eigenvalue weighted by Gasteiger charge is 2.39. The molecular formula is C21H36O6. The van der Waals surface area contributed by atoms with Crippen LogP contribution in [-0.4, -0.2) is 39.4 Å². The number of unbranched alkanes of at least 4 members (excludes halogenated alkanes) is 4. The maximum atomic E-state index is 12.2. The molecule has 1 aliphatic carbocycles. The first-order valence-electron chi connectivity index (χ1n) is 10.3. The van der Waals surface area contributed by atoms with Crippen molar-refractivity contribution in [2.24, 2.45) is 17.8 Å². The minimum atomic E-state index is -0.775. The Bertz CT molecular complexity index is 475. The molecule has 0 aliphatic heterocycles. The van der Waals surface area contributed by atoms with Gasteiger partial charge in [0.05, 0.1) is 6.10 Å². The summed E-state index contributed by atoms with van der Waals surface area (Å²) in [6.07, 6.45) is 9.89. The third kappa shape index (κ3) is 8.54. The molecule has 0 aromatic rings. The van der Waals surface area contributed by atoms with E-state index >= 15 is 0 Å². The third-order valence-electron chi connectivity index (χ3n) is 5.61. The summed E-state index contributed by atoms with van der Waals surface area (Å²) in [5.74, 6) is -0.979. The average molecular weight is 385 g/mol. The van der Waals surface area contributed by atoms with Crippen LogP contribution >= 0.6 is 0 Å². The van der Waals surface area contributed by atoms with E-state index in [9.17, 15) is 20.0 Å². The molecule has 0 saturated heterocycles. The maximum absolute atomic E-state index is 12.2. The molecule has 0 amide bonds. The normalized spacial score (nSPS) is 25.2. The van der Waals surface area contributed by atoms with Gasteiger partial charge in [0.1, 0.15) is 11.9 Å². The zero-order chi connectivity index (χ0) is 20.2. The molecule has 2 unspecified atom stereocenters. The number of aliphatic carboxylic acids is 1. The number of Topliss-reactive ketones (excluding diaryl/α,β-unsaturated/α-hetero) is 1. The summed E-state index contributed by atoms with van der Waals surface area (Å²) in [5, 5.41) is 28.1. The highest BCUT2D eigenvalue weighted by Crippen LogP contribution is 2.34. The number of rotatable bonds is 14. The second-order valence-corrected chi connectivity index (χ2v) is 7.84. The van der Waals surface area contributed by atoms with Crippen LogP contribution in [-0.2, 0) is 14.5 Å². The van der Waals surface area contributed by atoms with E-state index in [1.807, 2.05) is 13.0 Å². The summed E-state index contributed by atoms with van der Waals surface area (Å²) in [6.45, 7) is 4.13. The molecule has 0 aromatic heterocycles. The van der Waals surface area contributed by atoms with Gasteiger partial charge in [-0.15, -0.1) is 0 Å². The lowest BCUT2D eigenvalue weighted by atomic mass is 9.87. The summed E-state index contributed by atoms with van der Waals surface area (Å²) >= 11 is 0. The number of carboxylic acids is 1. The Hall–Kier alpha value is -1.24. The predicted molar refractivity (Wildman–Crippen MR) is 103 cm³/mol. The number of aliphatic hydroxyl groups excluding tert-OH is 1. The molecule has 1 fully saturated rings. The van der Waals surface area contributed by atoms with E-state index in [-0.39, 0.29) is 36.4 Å². The van der Waals surface area contributed by atoms with Gasteiger partial charge in [-0.2, -0.15) is 0 Å². The van der Waals surface area contributed by atoms with Crippen LogP contribution in [0.15, 0.2) is 12.2 Å². The molecule has 3 N–H and O–H groups in total. The number of carboxylic acid groups (broad SMARTS) is 1. The van der Waals surface area contributed by atoms with Crippen molar-refractivity contribution >= 4 is 11.8 Å². The first kappa shape index (κ1) is 23.8. The van der Waals surface area contributed by atoms with Crippen LogP contribution in [0.1, 0.15) is 78.1 Å². The average Bonchev–Trinajstić information content (AvgIpc) is 2.89. The molecule has 0 radical (unpaired) electrons. The Balaban J connectivity index is 2.54. The van der Waals surface area contributed by atoms with Crippen LogP contribution in [0.4, 0.5) is 0 Å². The molecule has 0 bridgehead atoms. The number of aliphatic hydroxyl groups is 1. The topological polar surface area (TPSA) is 104 Å². The number of carbonyl (C=O) groups is 2. The summed E-state index contributed by atoms with van der Waals surface area (Å²) in [4.78, 5) is 27.4. The summed E-state index contributed by atoms with van der Waals surface area (Å²) < 4.78 is 0. The second kappa shape index (κ2) is 13.0. The molecule has 1 rings (SSSR count). The molecule has 156 valence electrons. The largest absolute Gasteiger partial charge is 0.481 e. The van der Waals surface area contributed by atoms with Crippen LogP contribution in [0.25, 0.3) is 0 Å². The zero-order valence-corrected chi connectivity index (χ0v) is 16.7. The SMILES string of the molecule is CCCCC(C)C(/C=C/[C@H]1[C@H](O)CC(=O)[C@@H]1CCCCCCC(=O)O)OO. The second-order valence-electron chi connectivity index (χ2n) is 7.84.